The molecule has 0 saturated carbocycles. The number of halogens is 1. The van der Waals surface area contributed by atoms with Gasteiger partial charge in [0.15, 0.2) is 0 Å². The molecule has 0 atom stereocenters. The van der Waals surface area contributed by atoms with Gasteiger partial charge in [-0.05, 0) is 85.2 Å². The largest absolute Gasteiger partial charge is 0.0911 e. The van der Waals surface area contributed by atoms with Crippen molar-refractivity contribution in [1.82, 2.24) is 0 Å². The van der Waals surface area contributed by atoms with Crippen molar-refractivity contribution < 1.29 is 0 Å². The van der Waals surface area contributed by atoms with Crippen molar-refractivity contribution in [2.75, 3.05) is 0 Å². The molecule has 3 aromatic carbocycles. The van der Waals surface area contributed by atoms with Gasteiger partial charge in [-0.2, -0.15) is 0 Å². The van der Waals surface area contributed by atoms with Crippen molar-refractivity contribution in [2.24, 2.45) is 0 Å². The standard InChI is InChI=1S/C26H23I/c1-18-11-12-20(24-10-6-8-19-7-4-5-9-23(19)24)15-16-26(2,3)25-17-21(27)13-14-22(18)25/h4-15,17H,1,16H2,2-3H3/b12-11-,20-15+. The normalized spacial score (nSPS) is 19.4. The second-order valence-corrected chi connectivity index (χ2v) is 9.07. The summed E-state index contributed by atoms with van der Waals surface area (Å²) in [5, 5.41) is 2.57. The summed E-state index contributed by atoms with van der Waals surface area (Å²) >= 11 is 2.40. The monoisotopic (exact) mass is 462 g/mol. The predicted molar refractivity (Wildman–Crippen MR) is 127 cm³/mol. The first-order valence-electron chi connectivity index (χ1n) is 9.31. The van der Waals surface area contributed by atoms with E-state index in [1.807, 2.05) is 0 Å². The van der Waals surface area contributed by atoms with Crippen molar-refractivity contribution in [3.63, 3.8) is 0 Å². The van der Waals surface area contributed by atoms with Crippen LogP contribution in [0.4, 0.5) is 0 Å². The minimum atomic E-state index is 0.0430. The molecule has 0 heterocycles. The van der Waals surface area contributed by atoms with Crippen molar-refractivity contribution in [2.45, 2.75) is 25.7 Å². The van der Waals surface area contributed by atoms with Crippen LogP contribution in [0.25, 0.3) is 21.9 Å². The Kier molecular flexibility index (Phi) is 4.81. The van der Waals surface area contributed by atoms with Gasteiger partial charge in [-0.3, -0.25) is 0 Å². The predicted octanol–water partition coefficient (Wildman–Crippen LogP) is 7.78. The van der Waals surface area contributed by atoms with Crippen LogP contribution in [0.15, 0.2) is 85.5 Å². The first kappa shape index (κ1) is 18.2. The minimum Gasteiger partial charge on any atom is -0.0911 e. The lowest BCUT2D eigenvalue weighted by Gasteiger charge is -2.27. The molecule has 0 fully saturated rings. The van der Waals surface area contributed by atoms with Crippen LogP contribution in [0, 0.1) is 3.57 Å². The number of rotatable bonds is 1. The van der Waals surface area contributed by atoms with E-state index in [1.165, 1.54) is 36.6 Å². The van der Waals surface area contributed by atoms with Crippen LogP contribution in [0.3, 0.4) is 0 Å². The summed E-state index contributed by atoms with van der Waals surface area (Å²) < 4.78 is 1.27. The van der Waals surface area contributed by atoms with Crippen LogP contribution in [-0.2, 0) is 5.41 Å². The summed E-state index contributed by atoms with van der Waals surface area (Å²) in [6.45, 7) is 9.03. The van der Waals surface area contributed by atoms with E-state index in [0.717, 1.165) is 12.0 Å². The molecule has 27 heavy (non-hydrogen) atoms. The summed E-state index contributed by atoms with van der Waals surface area (Å²) in [6, 6.07) is 21.9. The summed E-state index contributed by atoms with van der Waals surface area (Å²) in [6.07, 6.45) is 7.77. The van der Waals surface area contributed by atoms with Gasteiger partial charge in [-0.15, -0.1) is 0 Å². The van der Waals surface area contributed by atoms with Gasteiger partial charge in [0.1, 0.15) is 0 Å². The molecule has 1 heteroatoms. The zero-order chi connectivity index (χ0) is 19.0. The maximum Gasteiger partial charge on any atom is 0.0133 e. The molecule has 1 aliphatic carbocycles. The summed E-state index contributed by atoms with van der Waals surface area (Å²) in [5.41, 5.74) is 6.30. The third kappa shape index (κ3) is 3.53. The van der Waals surface area contributed by atoms with Gasteiger partial charge in [-0.1, -0.05) is 87.2 Å². The lowest BCUT2D eigenvalue weighted by Crippen LogP contribution is -2.18. The SMILES string of the molecule is C=C1/C=C\C(c2cccc3ccccc23)=C/CC(C)(C)c2cc(I)ccc21. The quantitative estimate of drug-likeness (QED) is 0.324. The lowest BCUT2D eigenvalue weighted by molar-refractivity contribution is 0.533. The minimum absolute atomic E-state index is 0.0430. The molecule has 4 rings (SSSR count). The van der Waals surface area contributed by atoms with Crippen LogP contribution < -0.4 is 0 Å². The van der Waals surface area contributed by atoms with Crippen LogP contribution in [0.1, 0.15) is 37.0 Å². The van der Waals surface area contributed by atoms with Gasteiger partial charge in [0.2, 0.25) is 0 Å². The summed E-state index contributed by atoms with van der Waals surface area (Å²) in [5.74, 6) is 0. The maximum atomic E-state index is 4.37. The van der Waals surface area contributed by atoms with Crippen molar-refractivity contribution in [3.05, 3.63) is 106 Å². The fraction of sp³-hybridized carbons (Fsp3) is 0.154. The molecule has 0 spiro atoms. The first-order chi connectivity index (χ1) is 13.0. The van der Waals surface area contributed by atoms with E-state index in [1.54, 1.807) is 0 Å². The Hall–Kier alpha value is -2.13. The highest BCUT2D eigenvalue weighted by atomic mass is 127. The molecule has 0 saturated heterocycles. The zero-order valence-electron chi connectivity index (χ0n) is 15.8. The van der Waals surface area contributed by atoms with Crippen LogP contribution in [-0.4, -0.2) is 0 Å². The van der Waals surface area contributed by atoms with Gasteiger partial charge < -0.3 is 0 Å². The Morgan fingerprint density at radius 2 is 1.67 bits per heavy atom. The van der Waals surface area contributed by atoms with E-state index in [0.29, 0.717) is 0 Å². The number of allylic oxidation sites excluding steroid dienone is 5. The van der Waals surface area contributed by atoms with E-state index in [9.17, 15) is 0 Å². The topological polar surface area (TPSA) is 0 Å². The van der Waals surface area contributed by atoms with Gasteiger partial charge in [-0.25, -0.2) is 0 Å². The average molecular weight is 462 g/mol. The van der Waals surface area contributed by atoms with E-state index < -0.39 is 0 Å². The molecule has 0 unspecified atom stereocenters. The molecule has 0 amide bonds. The van der Waals surface area contributed by atoms with Crippen molar-refractivity contribution in [1.29, 1.82) is 0 Å². The number of hydrogen-bond donors (Lipinski definition) is 0. The van der Waals surface area contributed by atoms with E-state index >= 15 is 0 Å². The van der Waals surface area contributed by atoms with Crippen LogP contribution in [0.2, 0.25) is 0 Å². The summed E-state index contributed by atoms with van der Waals surface area (Å²) in [4.78, 5) is 0. The van der Waals surface area contributed by atoms with Crippen molar-refractivity contribution >= 4 is 44.5 Å². The molecule has 0 radical (unpaired) electrons. The number of fused-ring (bicyclic) bond motifs is 2. The molecule has 0 bridgehead atoms. The van der Waals surface area contributed by atoms with Gasteiger partial charge in [0.05, 0.1) is 0 Å². The van der Waals surface area contributed by atoms with Crippen LogP contribution in [0.5, 0.6) is 0 Å². The zero-order valence-corrected chi connectivity index (χ0v) is 18.0. The Bertz CT molecular complexity index is 1090. The molecular formula is C26H23I. The molecule has 0 nitrogen and oxygen atoms in total. The van der Waals surface area contributed by atoms with E-state index in [4.69, 9.17) is 0 Å². The second-order valence-electron chi connectivity index (χ2n) is 7.82. The first-order valence-corrected chi connectivity index (χ1v) is 10.4. The molecule has 1 aliphatic rings. The second kappa shape index (κ2) is 7.12. The highest BCUT2D eigenvalue weighted by Gasteiger charge is 2.24. The van der Waals surface area contributed by atoms with Crippen LogP contribution >= 0.6 is 22.6 Å². The van der Waals surface area contributed by atoms with Gasteiger partial charge in [0.25, 0.3) is 0 Å². The van der Waals surface area contributed by atoms with E-state index in [2.05, 4.69) is 122 Å². The molecule has 0 N–H and O–H groups in total. The fourth-order valence-corrected chi connectivity index (χ4v) is 4.35. The highest BCUT2D eigenvalue weighted by Crippen LogP contribution is 2.38. The highest BCUT2D eigenvalue weighted by molar-refractivity contribution is 14.1. The molecule has 0 aliphatic heterocycles. The Morgan fingerprint density at radius 3 is 2.52 bits per heavy atom. The van der Waals surface area contributed by atoms with Gasteiger partial charge in [0, 0.05) is 3.57 Å². The van der Waals surface area contributed by atoms with Gasteiger partial charge >= 0.3 is 0 Å². The maximum absolute atomic E-state index is 4.37. The number of benzene rings is 3. The molecular weight excluding hydrogens is 439 g/mol. The number of hydrogen-bond acceptors (Lipinski definition) is 0. The Balaban J connectivity index is 1.88. The molecule has 0 aromatic heterocycles. The smallest absolute Gasteiger partial charge is 0.0133 e. The Morgan fingerprint density at radius 1 is 0.889 bits per heavy atom. The third-order valence-electron chi connectivity index (χ3n) is 5.45. The summed E-state index contributed by atoms with van der Waals surface area (Å²) in [7, 11) is 0. The molecule has 134 valence electrons. The fourth-order valence-electron chi connectivity index (χ4n) is 3.86. The Labute approximate surface area is 175 Å². The lowest BCUT2D eigenvalue weighted by atomic mass is 9.77. The third-order valence-corrected chi connectivity index (χ3v) is 6.12. The van der Waals surface area contributed by atoms with E-state index in [-0.39, 0.29) is 5.41 Å². The molecule has 3 aromatic rings. The average Bonchev–Trinajstić information content (AvgIpc) is 2.71. The van der Waals surface area contributed by atoms with Crippen molar-refractivity contribution in [3.8, 4) is 0 Å².